The van der Waals surface area contributed by atoms with E-state index in [1.165, 1.54) is 37.5 Å². The molecule has 414 valence electrons. The Labute approximate surface area is 462 Å². The van der Waals surface area contributed by atoms with E-state index < -0.39 is 89.3 Å². The highest BCUT2D eigenvalue weighted by Crippen LogP contribution is 2.61. The molecular weight excluding hydrogens is 1020 g/mol. The van der Waals surface area contributed by atoms with Gasteiger partial charge in [-0.3, -0.25) is 33.6 Å². The average Bonchev–Trinajstić information content (AvgIpc) is 4.13. The molecule has 7 aliphatic carbocycles. The van der Waals surface area contributed by atoms with Crippen LogP contribution >= 0.6 is 0 Å². The Bertz CT molecular complexity index is 3250. The molecule has 0 aliphatic heterocycles. The number of esters is 2. The standard InChI is InChI=1S/C60H65N11O9/c1-58(2,3)56(77)79-30-45(72)70-66-51(64-68-70)37-24-38(52-65-69-71(67-52)46(73)31-80-57(78)59(4,5)6)26-39(25-37)62-53(74)44(23-33-14-8-7-9-15-33)63-55(76)50-48-42-18-12-10-16-40(42)47(41-17-11-13-19-43(41)48)49(50)54(75)61-32-60-27-34-20-35(28-60)22-36(21-34)29-60/h7-19,24-26,34-36,44,47-50H,20-23,27-32H2,1-6H3,(H,61,75)(H,62,74)(H,63,76)/t34?,35?,36?,44-,47?,48?,49-,50+,60?/m0/s1. The Morgan fingerprint density at radius 2 is 1.04 bits per heavy atom. The molecule has 2 heterocycles. The zero-order valence-electron chi connectivity index (χ0n) is 45.7. The predicted octanol–water partition coefficient (Wildman–Crippen LogP) is 6.97. The second-order valence-electron chi connectivity index (χ2n) is 24.7. The lowest BCUT2D eigenvalue weighted by atomic mass is 9.49. The quantitative estimate of drug-likeness (QED) is 0.0877. The third-order valence-electron chi connectivity index (χ3n) is 16.6. The fourth-order valence-corrected chi connectivity index (χ4v) is 13.4. The second-order valence-corrected chi connectivity index (χ2v) is 24.7. The van der Waals surface area contributed by atoms with Crippen molar-refractivity contribution in [2.24, 2.45) is 45.8 Å². The van der Waals surface area contributed by atoms with Gasteiger partial charge in [-0.2, -0.15) is 0 Å². The summed E-state index contributed by atoms with van der Waals surface area (Å²) in [7, 11) is 0. The smallest absolute Gasteiger partial charge is 0.311 e. The molecule has 20 heteroatoms. The summed E-state index contributed by atoms with van der Waals surface area (Å²) in [5, 5.41) is 34.2. The Morgan fingerprint density at radius 1 is 0.600 bits per heavy atom. The van der Waals surface area contributed by atoms with Crippen molar-refractivity contribution in [3.63, 3.8) is 0 Å². The maximum absolute atomic E-state index is 15.6. The van der Waals surface area contributed by atoms with Gasteiger partial charge in [-0.1, -0.05) is 88.5 Å². The van der Waals surface area contributed by atoms with Gasteiger partial charge < -0.3 is 25.4 Å². The first-order chi connectivity index (χ1) is 38.2. The summed E-state index contributed by atoms with van der Waals surface area (Å²) in [5.74, 6) is -4.68. The Morgan fingerprint density at radius 3 is 1.49 bits per heavy atom. The van der Waals surface area contributed by atoms with Gasteiger partial charge in [0.05, 0.1) is 22.7 Å². The van der Waals surface area contributed by atoms with Crippen LogP contribution in [0.3, 0.4) is 0 Å². The third-order valence-corrected chi connectivity index (χ3v) is 16.6. The van der Waals surface area contributed by atoms with Crippen LogP contribution in [-0.2, 0) is 39.9 Å². The highest BCUT2D eigenvalue weighted by molar-refractivity contribution is 6.00. The van der Waals surface area contributed by atoms with E-state index in [0.29, 0.717) is 33.9 Å². The number of tetrazole rings is 2. The van der Waals surface area contributed by atoms with Crippen molar-refractivity contribution in [1.29, 1.82) is 0 Å². The first-order valence-corrected chi connectivity index (χ1v) is 27.5. The van der Waals surface area contributed by atoms with Gasteiger partial charge in [0.1, 0.15) is 6.04 Å². The molecule has 3 atom stereocenters. The van der Waals surface area contributed by atoms with Gasteiger partial charge in [0.15, 0.2) is 13.2 Å². The van der Waals surface area contributed by atoms with E-state index in [1.807, 2.05) is 66.7 Å². The number of anilines is 1. The first-order valence-electron chi connectivity index (χ1n) is 27.5. The molecule has 13 rings (SSSR count). The van der Waals surface area contributed by atoms with E-state index in [0.717, 1.165) is 47.1 Å². The van der Waals surface area contributed by atoms with Crippen LogP contribution in [0.2, 0.25) is 0 Å². The molecule has 0 unspecified atom stereocenters. The zero-order valence-corrected chi connectivity index (χ0v) is 45.7. The van der Waals surface area contributed by atoms with Gasteiger partial charge in [0.2, 0.25) is 29.4 Å². The molecule has 3 N–H and O–H groups in total. The van der Waals surface area contributed by atoms with E-state index in [4.69, 9.17) is 9.47 Å². The van der Waals surface area contributed by atoms with E-state index >= 15 is 14.4 Å². The molecule has 20 nitrogen and oxygen atoms in total. The van der Waals surface area contributed by atoms with Crippen LogP contribution in [0.4, 0.5) is 5.69 Å². The summed E-state index contributed by atoms with van der Waals surface area (Å²) >= 11 is 0. The monoisotopic (exact) mass is 1080 g/mol. The SMILES string of the molecule is CC(C)(C)C(=O)OCC(=O)n1nnc(-c2cc(NC(=O)[C@H](Cc3ccccc3)NC(=O)[C@@H]3C4c5ccccc5C(c5ccccc54)[C@@H]3C(=O)NCC34CC5CC(CC(C5)C3)C4)cc(-c3nnn(C(=O)COC(=O)C(C)(C)C)n3)c2)n1. The number of nitrogens with zero attached hydrogens (tertiary/aromatic N) is 8. The second kappa shape index (κ2) is 21.1. The number of rotatable bonds is 15. The lowest BCUT2D eigenvalue weighted by molar-refractivity contribution is -0.152. The minimum atomic E-state index is -1.20. The van der Waals surface area contributed by atoms with Crippen molar-refractivity contribution < 1.29 is 43.0 Å². The van der Waals surface area contributed by atoms with Crippen LogP contribution in [0.1, 0.15) is 129 Å². The third kappa shape index (κ3) is 10.8. The number of nitrogens with one attached hydrogen (secondary N) is 3. The maximum atomic E-state index is 15.6. The van der Waals surface area contributed by atoms with Crippen molar-refractivity contribution in [3.05, 3.63) is 125 Å². The number of carbonyl (C=O) groups excluding carboxylic acids is 7. The first kappa shape index (κ1) is 53.7. The van der Waals surface area contributed by atoms with Crippen molar-refractivity contribution in [2.45, 2.75) is 104 Å². The molecule has 2 aromatic heterocycles. The molecule has 0 saturated heterocycles. The van der Waals surface area contributed by atoms with E-state index in [-0.39, 0.29) is 46.2 Å². The number of carbonyl (C=O) groups is 7. The van der Waals surface area contributed by atoms with Crippen molar-refractivity contribution in [2.75, 3.05) is 25.1 Å². The molecule has 4 aromatic carbocycles. The van der Waals surface area contributed by atoms with Gasteiger partial charge in [0, 0.05) is 41.6 Å². The van der Waals surface area contributed by atoms with Crippen LogP contribution in [0.5, 0.6) is 0 Å². The number of aromatic nitrogens is 8. The fourth-order valence-electron chi connectivity index (χ4n) is 13.4. The summed E-state index contributed by atoms with van der Waals surface area (Å²) < 4.78 is 10.4. The van der Waals surface area contributed by atoms with E-state index in [2.05, 4.69) is 58.9 Å². The Hall–Kier alpha value is -8.29. The van der Waals surface area contributed by atoms with Gasteiger partial charge in [-0.05, 0) is 160 Å². The molecule has 0 radical (unpaired) electrons. The number of fused-ring (bicyclic) bond motifs is 1. The Balaban J connectivity index is 0.912. The van der Waals surface area contributed by atoms with E-state index in [9.17, 15) is 19.2 Å². The molecule has 80 heavy (non-hydrogen) atoms. The molecule has 7 aliphatic rings. The highest BCUT2D eigenvalue weighted by Gasteiger charge is 2.56. The van der Waals surface area contributed by atoms with Gasteiger partial charge >= 0.3 is 23.8 Å². The van der Waals surface area contributed by atoms with Crippen LogP contribution in [0.25, 0.3) is 22.8 Å². The van der Waals surface area contributed by atoms with Crippen molar-refractivity contribution in [1.82, 2.24) is 51.0 Å². The minimum Gasteiger partial charge on any atom is -0.455 e. The molecule has 6 bridgehead atoms. The normalized spacial score (nSPS) is 23.5. The summed E-state index contributed by atoms with van der Waals surface area (Å²) in [4.78, 5) is 98.6. The Kier molecular flexibility index (Phi) is 14.1. The zero-order chi connectivity index (χ0) is 56.3. The number of amides is 3. The lowest BCUT2D eigenvalue weighted by Crippen LogP contribution is -2.57. The highest BCUT2D eigenvalue weighted by atomic mass is 16.5. The summed E-state index contributed by atoms with van der Waals surface area (Å²) in [6, 6.07) is 28.8. The maximum Gasteiger partial charge on any atom is 0.311 e. The van der Waals surface area contributed by atoms with Crippen molar-refractivity contribution >= 4 is 47.2 Å². The summed E-state index contributed by atoms with van der Waals surface area (Å²) in [6.07, 6.45) is 7.26. The summed E-state index contributed by atoms with van der Waals surface area (Å²) in [6.45, 7) is 9.14. The van der Waals surface area contributed by atoms with Crippen LogP contribution in [0.15, 0.2) is 97.1 Å². The average molecular weight is 1080 g/mol. The molecule has 3 amide bonds. The lowest BCUT2D eigenvalue weighted by Gasteiger charge is -2.57. The van der Waals surface area contributed by atoms with E-state index in [1.54, 1.807) is 41.5 Å². The number of ether oxygens (including phenoxy) is 2. The number of benzene rings is 4. The van der Waals surface area contributed by atoms with Crippen LogP contribution < -0.4 is 16.0 Å². The molecule has 4 fully saturated rings. The molecular formula is C60H65N11O9. The fraction of sp³-hybridized carbons (Fsp3) is 0.450. The van der Waals surface area contributed by atoms with Gasteiger partial charge in [-0.15, -0.1) is 20.4 Å². The molecule has 6 aromatic rings. The molecule has 0 spiro atoms. The van der Waals surface area contributed by atoms with Crippen molar-refractivity contribution in [3.8, 4) is 22.8 Å². The topological polar surface area (TPSA) is 261 Å². The minimum absolute atomic E-state index is 0.0563. The van der Waals surface area contributed by atoms with Gasteiger partial charge in [0.25, 0.3) is 0 Å². The largest absolute Gasteiger partial charge is 0.455 e. The summed E-state index contributed by atoms with van der Waals surface area (Å²) in [5.41, 5.74) is 3.61. The van der Waals surface area contributed by atoms with Gasteiger partial charge in [-0.25, -0.2) is 0 Å². The van der Waals surface area contributed by atoms with Crippen LogP contribution in [-0.4, -0.2) is 108 Å². The van der Waals surface area contributed by atoms with Crippen LogP contribution in [0, 0.1) is 45.8 Å². The number of hydrogen-bond acceptors (Lipinski definition) is 15. The predicted molar refractivity (Wildman–Crippen MR) is 290 cm³/mol. The number of hydrogen-bond donors (Lipinski definition) is 3. The molecule has 4 saturated carbocycles.